The second-order valence-corrected chi connectivity index (χ2v) is 6.20. The molecule has 0 radical (unpaired) electrons. The number of nitrogens with one attached hydrogen (secondary N) is 1. The van der Waals surface area contributed by atoms with Crippen molar-refractivity contribution in [1.82, 2.24) is 10.2 Å². The highest BCUT2D eigenvalue weighted by Crippen LogP contribution is 2.25. The van der Waals surface area contributed by atoms with Gasteiger partial charge in [-0.05, 0) is 56.8 Å². The highest BCUT2D eigenvalue weighted by molar-refractivity contribution is 5.19. The predicted octanol–water partition coefficient (Wildman–Crippen LogP) is 3.85. The van der Waals surface area contributed by atoms with Crippen LogP contribution in [0.2, 0.25) is 0 Å². The fourth-order valence-corrected chi connectivity index (χ4v) is 3.15. The van der Waals surface area contributed by atoms with Gasteiger partial charge in [-0.2, -0.15) is 0 Å². The van der Waals surface area contributed by atoms with Crippen LogP contribution < -0.4 is 5.32 Å². The van der Waals surface area contributed by atoms with Gasteiger partial charge in [0, 0.05) is 12.6 Å². The van der Waals surface area contributed by atoms with E-state index in [0.717, 1.165) is 19.0 Å². The van der Waals surface area contributed by atoms with Gasteiger partial charge >= 0.3 is 0 Å². The van der Waals surface area contributed by atoms with Crippen molar-refractivity contribution in [3.63, 3.8) is 0 Å². The summed E-state index contributed by atoms with van der Waals surface area (Å²) in [5.41, 5.74) is 1.46. The monoisotopic (exact) mass is 274 g/mol. The quantitative estimate of drug-likeness (QED) is 0.793. The van der Waals surface area contributed by atoms with E-state index in [-0.39, 0.29) is 0 Å². The summed E-state index contributed by atoms with van der Waals surface area (Å²) in [4.78, 5) is 2.70. The van der Waals surface area contributed by atoms with Gasteiger partial charge in [0.1, 0.15) is 0 Å². The second kappa shape index (κ2) is 8.43. The molecule has 2 unspecified atom stereocenters. The fourth-order valence-electron chi connectivity index (χ4n) is 3.15. The first-order chi connectivity index (χ1) is 9.81. The summed E-state index contributed by atoms with van der Waals surface area (Å²) < 4.78 is 0. The first-order valence-electron chi connectivity index (χ1n) is 8.31. The summed E-state index contributed by atoms with van der Waals surface area (Å²) in [6, 6.07) is 11.6. The van der Waals surface area contributed by atoms with E-state index in [2.05, 4.69) is 54.4 Å². The van der Waals surface area contributed by atoms with Gasteiger partial charge in [0.05, 0.1) is 0 Å². The van der Waals surface area contributed by atoms with Gasteiger partial charge in [0.25, 0.3) is 0 Å². The number of benzene rings is 1. The molecule has 112 valence electrons. The molecule has 2 rings (SSSR count). The smallest absolute Gasteiger partial charge is 0.0472 e. The van der Waals surface area contributed by atoms with Gasteiger partial charge in [-0.25, -0.2) is 0 Å². The predicted molar refractivity (Wildman–Crippen MR) is 86.9 cm³/mol. The Kier molecular flexibility index (Phi) is 6.55. The van der Waals surface area contributed by atoms with Crippen molar-refractivity contribution in [1.29, 1.82) is 0 Å². The third-order valence-electron chi connectivity index (χ3n) is 4.44. The minimum absolute atomic E-state index is 0.535. The van der Waals surface area contributed by atoms with Crippen LogP contribution in [0.3, 0.4) is 0 Å². The van der Waals surface area contributed by atoms with Gasteiger partial charge < -0.3 is 5.32 Å². The van der Waals surface area contributed by atoms with Gasteiger partial charge in [-0.15, -0.1) is 0 Å². The molecule has 2 atom stereocenters. The third kappa shape index (κ3) is 4.60. The molecule has 0 aromatic heterocycles. The molecule has 1 N–H and O–H groups in total. The van der Waals surface area contributed by atoms with E-state index >= 15 is 0 Å². The molecule has 2 heteroatoms. The molecule has 0 spiro atoms. The summed E-state index contributed by atoms with van der Waals surface area (Å²) in [6.45, 7) is 9.32. The Morgan fingerprint density at radius 1 is 1.20 bits per heavy atom. The summed E-state index contributed by atoms with van der Waals surface area (Å²) >= 11 is 0. The molecule has 1 heterocycles. The third-order valence-corrected chi connectivity index (χ3v) is 4.44. The van der Waals surface area contributed by atoms with Crippen molar-refractivity contribution in [3.8, 4) is 0 Å². The Balaban J connectivity index is 2.04. The van der Waals surface area contributed by atoms with Gasteiger partial charge in [-0.1, -0.05) is 44.2 Å². The number of rotatable bonds is 6. The van der Waals surface area contributed by atoms with Gasteiger partial charge in [0.2, 0.25) is 0 Å². The zero-order valence-electron chi connectivity index (χ0n) is 13.1. The first kappa shape index (κ1) is 15.5. The molecule has 0 amide bonds. The van der Waals surface area contributed by atoms with Crippen LogP contribution in [-0.2, 0) is 0 Å². The Bertz CT molecular complexity index is 363. The molecule has 0 saturated carbocycles. The maximum absolute atomic E-state index is 3.62. The number of likely N-dealkylation sites (tertiary alicyclic amines) is 1. The van der Waals surface area contributed by atoms with E-state index in [4.69, 9.17) is 0 Å². The van der Waals surface area contributed by atoms with E-state index in [9.17, 15) is 0 Å². The summed E-state index contributed by atoms with van der Waals surface area (Å²) in [5.74, 6) is 0.889. The first-order valence-corrected chi connectivity index (χ1v) is 8.31. The summed E-state index contributed by atoms with van der Waals surface area (Å²) in [7, 11) is 0. The molecule has 1 saturated heterocycles. The number of hydrogen-bond donors (Lipinski definition) is 1. The molecule has 2 nitrogen and oxygen atoms in total. The lowest BCUT2D eigenvalue weighted by Gasteiger charge is -2.31. The fraction of sp³-hybridized carbons (Fsp3) is 0.667. The van der Waals surface area contributed by atoms with E-state index in [1.54, 1.807) is 0 Å². The van der Waals surface area contributed by atoms with Crippen molar-refractivity contribution >= 4 is 0 Å². The molecule has 1 aromatic carbocycles. The van der Waals surface area contributed by atoms with Crippen LogP contribution in [0.25, 0.3) is 0 Å². The lowest BCUT2D eigenvalue weighted by molar-refractivity contribution is 0.198. The molecule has 1 aliphatic heterocycles. The molecular weight excluding hydrogens is 244 g/mol. The van der Waals surface area contributed by atoms with E-state index in [1.807, 2.05) is 0 Å². The summed E-state index contributed by atoms with van der Waals surface area (Å²) in [6.07, 6.45) is 5.29. The molecule has 1 aromatic rings. The molecule has 20 heavy (non-hydrogen) atoms. The standard InChI is InChI=1S/C18H30N2/c1-3-12-19-15-18(17-9-5-4-6-10-17)20-13-7-8-16(2)11-14-20/h4-6,9-10,16,18-19H,3,7-8,11-15H2,1-2H3. The lowest BCUT2D eigenvalue weighted by atomic mass is 10.0. The number of nitrogens with zero attached hydrogens (tertiary/aromatic N) is 1. The Labute approximate surface area is 124 Å². The minimum atomic E-state index is 0.535. The molecular formula is C18H30N2. The topological polar surface area (TPSA) is 15.3 Å². The average Bonchev–Trinajstić information content (AvgIpc) is 2.69. The normalized spacial score (nSPS) is 22.4. The lowest BCUT2D eigenvalue weighted by Crippen LogP contribution is -2.37. The average molecular weight is 274 g/mol. The van der Waals surface area contributed by atoms with Crippen LogP contribution in [0.5, 0.6) is 0 Å². The van der Waals surface area contributed by atoms with Crippen molar-refractivity contribution in [2.75, 3.05) is 26.2 Å². The van der Waals surface area contributed by atoms with Crippen molar-refractivity contribution in [2.45, 2.75) is 45.6 Å². The molecule has 0 bridgehead atoms. The summed E-state index contributed by atoms with van der Waals surface area (Å²) in [5, 5.41) is 3.62. The van der Waals surface area contributed by atoms with E-state index in [0.29, 0.717) is 6.04 Å². The maximum atomic E-state index is 3.62. The van der Waals surface area contributed by atoms with Crippen LogP contribution in [0.4, 0.5) is 0 Å². The van der Waals surface area contributed by atoms with Crippen molar-refractivity contribution < 1.29 is 0 Å². The zero-order valence-corrected chi connectivity index (χ0v) is 13.1. The van der Waals surface area contributed by atoms with Crippen LogP contribution in [0, 0.1) is 5.92 Å². The van der Waals surface area contributed by atoms with Gasteiger partial charge in [-0.3, -0.25) is 4.90 Å². The van der Waals surface area contributed by atoms with Crippen molar-refractivity contribution in [2.24, 2.45) is 5.92 Å². The van der Waals surface area contributed by atoms with Crippen LogP contribution >= 0.6 is 0 Å². The van der Waals surface area contributed by atoms with Crippen molar-refractivity contribution in [3.05, 3.63) is 35.9 Å². The molecule has 0 aliphatic carbocycles. The van der Waals surface area contributed by atoms with Crippen LogP contribution in [0.1, 0.15) is 51.1 Å². The Morgan fingerprint density at radius 2 is 2.00 bits per heavy atom. The molecule has 1 fully saturated rings. The Hall–Kier alpha value is -0.860. The minimum Gasteiger partial charge on any atom is -0.315 e. The van der Waals surface area contributed by atoms with Gasteiger partial charge in [0.15, 0.2) is 0 Å². The zero-order chi connectivity index (χ0) is 14.2. The van der Waals surface area contributed by atoms with Crippen LogP contribution in [-0.4, -0.2) is 31.1 Å². The van der Waals surface area contributed by atoms with E-state index in [1.165, 1.54) is 44.3 Å². The SMILES string of the molecule is CCCNCC(c1ccccc1)N1CCCC(C)CC1. The largest absolute Gasteiger partial charge is 0.315 e. The number of hydrogen-bond acceptors (Lipinski definition) is 2. The maximum Gasteiger partial charge on any atom is 0.0472 e. The second-order valence-electron chi connectivity index (χ2n) is 6.20. The highest BCUT2D eigenvalue weighted by atomic mass is 15.2. The highest BCUT2D eigenvalue weighted by Gasteiger charge is 2.22. The van der Waals surface area contributed by atoms with Crippen LogP contribution in [0.15, 0.2) is 30.3 Å². The van der Waals surface area contributed by atoms with E-state index < -0.39 is 0 Å². The molecule has 1 aliphatic rings. The Morgan fingerprint density at radius 3 is 2.75 bits per heavy atom.